The number of nitrogens with two attached hydrogens (primary N) is 1. The Labute approximate surface area is 185 Å². The van der Waals surface area contributed by atoms with Crippen molar-refractivity contribution < 1.29 is 0 Å². The summed E-state index contributed by atoms with van der Waals surface area (Å²) in [6.07, 6.45) is 4.63. The number of anilines is 2. The van der Waals surface area contributed by atoms with Crippen molar-refractivity contribution in [3.8, 4) is 22.6 Å². The van der Waals surface area contributed by atoms with Gasteiger partial charge in [0.1, 0.15) is 17.1 Å². The zero-order valence-electron chi connectivity index (χ0n) is 17.4. The van der Waals surface area contributed by atoms with Gasteiger partial charge in [-0.25, -0.2) is 9.97 Å². The van der Waals surface area contributed by atoms with E-state index in [1.165, 1.54) is 0 Å². The summed E-state index contributed by atoms with van der Waals surface area (Å²) in [7, 11) is 3.97. The molecule has 0 spiro atoms. The number of aryl methyl sites for hydroxylation is 1. The van der Waals surface area contributed by atoms with Gasteiger partial charge in [-0.3, -0.25) is 9.67 Å². The van der Waals surface area contributed by atoms with E-state index >= 15 is 0 Å². The topological polar surface area (TPSA) is 97.8 Å². The summed E-state index contributed by atoms with van der Waals surface area (Å²) in [5.41, 5.74) is 9.91. The fourth-order valence-corrected chi connectivity index (χ4v) is 4.28. The van der Waals surface area contributed by atoms with Crippen LogP contribution in [0.15, 0.2) is 42.7 Å². The molecule has 0 bridgehead atoms. The van der Waals surface area contributed by atoms with Crippen LogP contribution in [-0.2, 0) is 7.05 Å². The molecule has 1 fully saturated rings. The molecule has 158 valence electrons. The van der Waals surface area contributed by atoms with E-state index in [4.69, 9.17) is 27.3 Å². The Kier molecular flexibility index (Phi) is 4.95. The van der Waals surface area contributed by atoms with Crippen LogP contribution < -0.4 is 11.1 Å². The van der Waals surface area contributed by atoms with Crippen LogP contribution in [0.5, 0.6) is 0 Å². The van der Waals surface area contributed by atoms with Gasteiger partial charge in [0.2, 0.25) is 0 Å². The Morgan fingerprint density at radius 1 is 1.16 bits per heavy atom. The molecule has 1 aromatic carbocycles. The Hall–Kier alpha value is -3.23. The molecule has 9 heteroatoms. The molecule has 8 nitrogen and oxygen atoms in total. The first kappa shape index (κ1) is 19.7. The zero-order chi connectivity index (χ0) is 21.5. The van der Waals surface area contributed by atoms with Crippen LogP contribution in [0.1, 0.15) is 6.42 Å². The maximum absolute atomic E-state index is 6.56. The fourth-order valence-electron chi connectivity index (χ4n) is 4.01. The average Bonchev–Trinajstić information content (AvgIpc) is 3.37. The molecule has 1 aliphatic heterocycles. The second-order valence-corrected chi connectivity index (χ2v) is 8.36. The van der Waals surface area contributed by atoms with E-state index in [2.05, 4.69) is 27.3 Å². The lowest BCUT2D eigenvalue weighted by molar-refractivity contribution is 0.414. The molecule has 1 aliphatic rings. The molecule has 5 rings (SSSR count). The summed E-state index contributed by atoms with van der Waals surface area (Å²) in [5.74, 6) is 0.935. The summed E-state index contributed by atoms with van der Waals surface area (Å²) in [6.45, 7) is 1.98. The minimum absolute atomic E-state index is 0.277. The van der Waals surface area contributed by atoms with Crippen LogP contribution in [0.2, 0.25) is 5.02 Å². The normalized spacial score (nSPS) is 16.8. The SMILES string of the molecule is CN1CCC(Nc2nc(-c3cc(Cl)c4ncccc4c3)c(-c3ccn(C)n3)nc2N)C1. The average molecular weight is 435 g/mol. The number of likely N-dealkylation sites (tertiary alicyclic amines) is 1. The largest absolute Gasteiger partial charge is 0.381 e. The fraction of sp³-hybridized carbons (Fsp3) is 0.273. The van der Waals surface area contributed by atoms with Crippen molar-refractivity contribution in [2.24, 2.45) is 7.05 Å². The Balaban J connectivity index is 1.67. The molecule has 0 saturated carbocycles. The molecular weight excluding hydrogens is 412 g/mol. The molecule has 3 N–H and O–H groups in total. The van der Waals surface area contributed by atoms with Gasteiger partial charge in [-0.05, 0) is 44.3 Å². The van der Waals surface area contributed by atoms with E-state index in [1.807, 2.05) is 43.6 Å². The van der Waals surface area contributed by atoms with E-state index < -0.39 is 0 Å². The summed E-state index contributed by atoms with van der Waals surface area (Å²) in [5, 5.41) is 9.49. The van der Waals surface area contributed by atoms with Crippen LogP contribution in [0, 0.1) is 0 Å². The first-order valence-corrected chi connectivity index (χ1v) is 10.5. The third-order valence-electron chi connectivity index (χ3n) is 5.54. The lowest BCUT2D eigenvalue weighted by Gasteiger charge is -2.17. The zero-order valence-corrected chi connectivity index (χ0v) is 18.1. The van der Waals surface area contributed by atoms with Crippen LogP contribution in [0.25, 0.3) is 33.5 Å². The number of likely N-dealkylation sites (N-methyl/N-ethyl adjacent to an activating group) is 1. The molecular formula is C22H23ClN8. The highest BCUT2D eigenvalue weighted by Gasteiger charge is 2.23. The first-order chi connectivity index (χ1) is 15.0. The second kappa shape index (κ2) is 7.79. The number of fused-ring (bicyclic) bond motifs is 1. The number of pyridine rings is 1. The predicted octanol–water partition coefficient (Wildman–Crippen LogP) is 3.44. The highest BCUT2D eigenvalue weighted by molar-refractivity contribution is 6.35. The van der Waals surface area contributed by atoms with Crippen molar-refractivity contribution in [2.45, 2.75) is 12.5 Å². The second-order valence-electron chi connectivity index (χ2n) is 7.95. The molecule has 0 amide bonds. The third kappa shape index (κ3) is 3.80. The highest BCUT2D eigenvalue weighted by atomic mass is 35.5. The third-order valence-corrected chi connectivity index (χ3v) is 5.83. The van der Waals surface area contributed by atoms with Crippen molar-refractivity contribution in [3.63, 3.8) is 0 Å². The number of hydrogen-bond acceptors (Lipinski definition) is 7. The smallest absolute Gasteiger partial charge is 0.169 e. The van der Waals surface area contributed by atoms with Gasteiger partial charge in [0, 0.05) is 43.0 Å². The maximum Gasteiger partial charge on any atom is 0.169 e. The van der Waals surface area contributed by atoms with Gasteiger partial charge in [0.25, 0.3) is 0 Å². The molecule has 3 aromatic heterocycles. The number of nitrogens with zero attached hydrogens (tertiary/aromatic N) is 6. The lowest BCUT2D eigenvalue weighted by Crippen LogP contribution is -2.25. The number of nitrogens with one attached hydrogen (secondary N) is 1. The van der Waals surface area contributed by atoms with Crippen LogP contribution in [-0.4, -0.2) is 55.8 Å². The van der Waals surface area contributed by atoms with E-state index in [0.717, 1.165) is 36.0 Å². The Morgan fingerprint density at radius 2 is 2.03 bits per heavy atom. The minimum Gasteiger partial charge on any atom is -0.381 e. The van der Waals surface area contributed by atoms with Gasteiger partial charge in [0.15, 0.2) is 11.6 Å². The summed E-state index contributed by atoms with van der Waals surface area (Å²) < 4.78 is 1.73. The van der Waals surface area contributed by atoms with Gasteiger partial charge >= 0.3 is 0 Å². The van der Waals surface area contributed by atoms with Crippen LogP contribution >= 0.6 is 11.6 Å². The van der Waals surface area contributed by atoms with Crippen molar-refractivity contribution in [2.75, 3.05) is 31.2 Å². The monoisotopic (exact) mass is 434 g/mol. The minimum atomic E-state index is 0.277. The number of rotatable bonds is 4. The van der Waals surface area contributed by atoms with E-state index in [-0.39, 0.29) is 6.04 Å². The maximum atomic E-state index is 6.56. The number of nitrogen functional groups attached to an aromatic ring is 1. The van der Waals surface area contributed by atoms with Gasteiger partial charge in [-0.15, -0.1) is 0 Å². The Bertz CT molecular complexity index is 1270. The van der Waals surface area contributed by atoms with E-state index in [0.29, 0.717) is 33.7 Å². The van der Waals surface area contributed by atoms with Gasteiger partial charge in [-0.2, -0.15) is 5.10 Å². The quantitative estimate of drug-likeness (QED) is 0.507. The van der Waals surface area contributed by atoms with Crippen molar-refractivity contribution in [1.82, 2.24) is 29.6 Å². The molecule has 0 aliphatic carbocycles. The summed E-state index contributed by atoms with van der Waals surface area (Å²) in [4.78, 5) is 16.3. The molecule has 1 saturated heterocycles. The number of hydrogen-bond donors (Lipinski definition) is 2. The van der Waals surface area contributed by atoms with E-state index in [1.54, 1.807) is 10.9 Å². The first-order valence-electron chi connectivity index (χ1n) is 10.1. The number of halogens is 1. The van der Waals surface area contributed by atoms with Gasteiger partial charge < -0.3 is 16.0 Å². The lowest BCUT2D eigenvalue weighted by atomic mass is 10.0. The molecule has 1 atom stereocenters. The van der Waals surface area contributed by atoms with Gasteiger partial charge in [0.05, 0.1) is 10.5 Å². The molecule has 0 radical (unpaired) electrons. The van der Waals surface area contributed by atoms with Crippen molar-refractivity contribution in [1.29, 1.82) is 0 Å². The predicted molar refractivity (Wildman–Crippen MR) is 124 cm³/mol. The van der Waals surface area contributed by atoms with Crippen LogP contribution in [0.3, 0.4) is 0 Å². The van der Waals surface area contributed by atoms with E-state index in [9.17, 15) is 0 Å². The highest BCUT2D eigenvalue weighted by Crippen LogP contribution is 2.35. The standard InChI is InChI=1S/C22H23ClN8/c1-30-8-5-15(12-30)26-22-21(24)27-20(17-6-9-31(2)29-17)19(28-22)14-10-13-4-3-7-25-18(13)16(23)11-14/h3-4,6-7,9-11,15H,5,8,12H2,1-2H3,(H2,24,27)(H,26,28). The summed E-state index contributed by atoms with van der Waals surface area (Å²) >= 11 is 6.56. The van der Waals surface area contributed by atoms with Crippen LogP contribution in [0.4, 0.5) is 11.6 Å². The Morgan fingerprint density at radius 3 is 2.77 bits per heavy atom. The molecule has 31 heavy (non-hydrogen) atoms. The molecule has 1 unspecified atom stereocenters. The number of aromatic nitrogens is 5. The van der Waals surface area contributed by atoms with Gasteiger partial charge in [-0.1, -0.05) is 17.7 Å². The van der Waals surface area contributed by atoms with Crippen molar-refractivity contribution >= 4 is 34.1 Å². The number of benzene rings is 1. The molecule has 4 aromatic rings. The van der Waals surface area contributed by atoms with Crippen molar-refractivity contribution in [3.05, 3.63) is 47.7 Å². The summed E-state index contributed by atoms with van der Waals surface area (Å²) in [6, 6.07) is 9.94. The molecule has 4 heterocycles.